The number of hydrogen-bond donors (Lipinski definition) is 0. The molecule has 0 fully saturated rings. The van der Waals surface area contributed by atoms with Crippen molar-refractivity contribution in [3.63, 3.8) is 0 Å². The summed E-state index contributed by atoms with van der Waals surface area (Å²) in [5, 5.41) is 7.47. The predicted octanol–water partition coefficient (Wildman–Crippen LogP) is 12.9. The average molecular weight is 724 g/mol. The number of fused-ring (bicyclic) bond motifs is 12. The van der Waals surface area contributed by atoms with E-state index in [4.69, 9.17) is 15.0 Å². The lowest BCUT2D eigenvalue weighted by Crippen LogP contribution is -2.34. The fourth-order valence-corrected chi connectivity index (χ4v) is 9.63. The van der Waals surface area contributed by atoms with E-state index in [1.165, 1.54) is 43.4 Å². The van der Waals surface area contributed by atoms with Crippen LogP contribution in [0.2, 0.25) is 0 Å². The van der Waals surface area contributed by atoms with E-state index in [1.807, 2.05) is 36.4 Å². The molecule has 0 spiro atoms. The Bertz CT molecular complexity index is 3110. The maximum Gasteiger partial charge on any atom is 0.238 e. The minimum atomic E-state index is -0.0603. The summed E-state index contributed by atoms with van der Waals surface area (Å²) in [4.78, 5) is 16.0. The Labute approximate surface area is 325 Å². The van der Waals surface area contributed by atoms with Gasteiger partial charge in [-0.2, -0.15) is 9.97 Å². The minimum Gasteiger partial charge on any atom is -0.307 e. The van der Waals surface area contributed by atoms with Crippen molar-refractivity contribution in [2.75, 3.05) is 0 Å². The molecule has 0 aliphatic heterocycles. The highest BCUT2D eigenvalue weighted by atomic mass is 15.2. The number of benzene rings is 7. The molecule has 0 amide bonds. The third-order valence-corrected chi connectivity index (χ3v) is 12.4. The van der Waals surface area contributed by atoms with Crippen molar-refractivity contribution >= 4 is 54.4 Å². The maximum atomic E-state index is 5.42. The van der Waals surface area contributed by atoms with E-state index in [9.17, 15) is 0 Å². The minimum absolute atomic E-state index is 0.0282. The van der Waals surface area contributed by atoms with Crippen LogP contribution in [0, 0.1) is 0 Å². The van der Waals surface area contributed by atoms with Crippen molar-refractivity contribution in [2.45, 2.75) is 51.4 Å². The molecular weight excluding hydrogens is 683 g/mol. The van der Waals surface area contributed by atoms with Crippen molar-refractivity contribution in [2.24, 2.45) is 0 Å². The van der Waals surface area contributed by atoms with Crippen LogP contribution < -0.4 is 0 Å². The summed E-state index contributed by atoms with van der Waals surface area (Å²) in [5.74, 6) is 1.89. The quantitative estimate of drug-likeness (QED) is 0.182. The van der Waals surface area contributed by atoms with Crippen LogP contribution >= 0.6 is 0 Å². The van der Waals surface area contributed by atoms with Crippen molar-refractivity contribution in [3.8, 4) is 34.4 Å². The Morgan fingerprint density at radius 3 is 1.59 bits per heavy atom. The molecule has 3 heterocycles. The highest BCUT2D eigenvalue weighted by Gasteiger charge is 2.40. The van der Waals surface area contributed by atoms with Gasteiger partial charge in [0.05, 0.1) is 22.1 Å². The molecule has 3 aromatic heterocycles. The summed E-state index contributed by atoms with van der Waals surface area (Å²) in [6.45, 7) is 9.71. The summed E-state index contributed by atoms with van der Waals surface area (Å²) in [6, 6.07) is 54.0. The van der Waals surface area contributed by atoms with E-state index in [2.05, 4.69) is 152 Å². The van der Waals surface area contributed by atoms with Crippen LogP contribution in [-0.2, 0) is 10.8 Å². The summed E-state index contributed by atoms with van der Waals surface area (Å²) in [6.07, 6.45) is 2.24. The van der Waals surface area contributed by atoms with Gasteiger partial charge >= 0.3 is 0 Å². The summed E-state index contributed by atoms with van der Waals surface area (Å²) >= 11 is 0. The van der Waals surface area contributed by atoms with Gasteiger partial charge in [0.25, 0.3) is 0 Å². The van der Waals surface area contributed by atoms with E-state index in [1.54, 1.807) is 0 Å². The second-order valence-electron chi connectivity index (χ2n) is 16.7. The van der Waals surface area contributed by atoms with E-state index in [0.717, 1.165) is 51.7 Å². The van der Waals surface area contributed by atoms with Gasteiger partial charge < -0.3 is 4.57 Å². The fourth-order valence-electron chi connectivity index (χ4n) is 9.63. The van der Waals surface area contributed by atoms with Gasteiger partial charge in [-0.3, -0.25) is 4.57 Å². The SMILES string of the molecule is CC1(C)CCC(C)(C)c2c1ccc1c2c2c3ccccc3c3c4ccccc4n(-c4ccccc4)c3c2n1-c1nc(-c2ccccc2)nc(-c2ccccc2)n1. The smallest absolute Gasteiger partial charge is 0.238 e. The second kappa shape index (κ2) is 12.0. The lowest BCUT2D eigenvalue weighted by molar-refractivity contribution is 0.334. The number of para-hydroxylation sites is 2. The van der Waals surface area contributed by atoms with Gasteiger partial charge in [-0.25, -0.2) is 4.98 Å². The maximum absolute atomic E-state index is 5.42. The zero-order valence-corrected chi connectivity index (χ0v) is 32.1. The molecule has 7 aromatic carbocycles. The van der Waals surface area contributed by atoms with E-state index in [0.29, 0.717) is 17.6 Å². The molecule has 5 nitrogen and oxygen atoms in total. The van der Waals surface area contributed by atoms with Gasteiger partial charge in [0, 0.05) is 38.4 Å². The highest BCUT2D eigenvalue weighted by Crippen LogP contribution is 2.53. The largest absolute Gasteiger partial charge is 0.307 e. The molecular formula is C51H41N5. The third-order valence-electron chi connectivity index (χ3n) is 12.4. The van der Waals surface area contributed by atoms with Gasteiger partial charge in [-0.05, 0) is 69.8 Å². The van der Waals surface area contributed by atoms with Gasteiger partial charge in [0.2, 0.25) is 5.95 Å². The van der Waals surface area contributed by atoms with Crippen LogP contribution in [0.1, 0.15) is 51.7 Å². The molecule has 0 unspecified atom stereocenters. The highest BCUT2D eigenvalue weighted by molar-refractivity contribution is 6.37. The Balaban J connectivity index is 1.44. The summed E-state index contributed by atoms with van der Waals surface area (Å²) < 4.78 is 4.84. The van der Waals surface area contributed by atoms with Crippen LogP contribution in [0.4, 0.5) is 0 Å². The molecule has 56 heavy (non-hydrogen) atoms. The molecule has 11 rings (SSSR count). The van der Waals surface area contributed by atoms with Crippen LogP contribution in [0.25, 0.3) is 88.8 Å². The zero-order chi connectivity index (χ0) is 37.8. The first-order chi connectivity index (χ1) is 27.3. The number of aromatic nitrogens is 5. The Kier molecular flexibility index (Phi) is 7.00. The lowest BCUT2D eigenvalue weighted by Gasteiger charge is -2.42. The monoisotopic (exact) mass is 723 g/mol. The van der Waals surface area contributed by atoms with Crippen molar-refractivity contribution in [1.29, 1.82) is 0 Å². The van der Waals surface area contributed by atoms with Crippen molar-refractivity contribution < 1.29 is 0 Å². The van der Waals surface area contributed by atoms with Gasteiger partial charge in [0.15, 0.2) is 11.6 Å². The molecule has 0 saturated heterocycles. The normalized spacial score (nSPS) is 14.9. The van der Waals surface area contributed by atoms with Crippen molar-refractivity contribution in [3.05, 3.63) is 163 Å². The third kappa shape index (κ3) is 4.70. The molecule has 10 aromatic rings. The molecule has 1 aliphatic carbocycles. The standard InChI is InChI=1S/C51H41N5/c1-50(2)30-31-51(3,4)44-38(50)28-29-40-43(44)42-36-25-15-14-24-35(36)41-37-26-16-17-27-39(37)55(34-22-12-7-13-23-34)45(41)46(42)56(40)49-53-47(32-18-8-5-9-19-32)52-48(54-49)33-20-10-6-11-21-33/h5-29H,30-31H2,1-4H3. The Hall–Kier alpha value is -6.59. The molecule has 1 aliphatic rings. The number of rotatable bonds is 4. The van der Waals surface area contributed by atoms with Gasteiger partial charge in [-0.15, -0.1) is 0 Å². The number of nitrogens with zero attached hydrogens (tertiary/aromatic N) is 5. The molecule has 0 N–H and O–H groups in total. The lowest BCUT2D eigenvalue weighted by atomic mass is 9.62. The second-order valence-corrected chi connectivity index (χ2v) is 16.7. The van der Waals surface area contributed by atoms with Gasteiger partial charge in [0.1, 0.15) is 0 Å². The molecule has 5 heteroatoms. The molecule has 0 radical (unpaired) electrons. The van der Waals surface area contributed by atoms with Gasteiger partial charge in [-0.1, -0.05) is 155 Å². The molecule has 270 valence electrons. The summed E-state index contributed by atoms with van der Waals surface area (Å²) in [7, 11) is 0. The van der Waals surface area contributed by atoms with Crippen LogP contribution in [0.5, 0.6) is 0 Å². The molecule has 0 bridgehead atoms. The fraction of sp³-hybridized carbons (Fsp3) is 0.157. The van der Waals surface area contributed by atoms with Crippen molar-refractivity contribution in [1.82, 2.24) is 24.1 Å². The average Bonchev–Trinajstić information content (AvgIpc) is 3.77. The first kappa shape index (κ1) is 32.8. The first-order valence-electron chi connectivity index (χ1n) is 19.7. The summed E-state index contributed by atoms with van der Waals surface area (Å²) in [5.41, 5.74) is 10.4. The molecule has 0 atom stereocenters. The Morgan fingerprint density at radius 2 is 0.946 bits per heavy atom. The predicted molar refractivity (Wildman–Crippen MR) is 232 cm³/mol. The van der Waals surface area contributed by atoms with E-state index in [-0.39, 0.29) is 10.8 Å². The molecule has 0 saturated carbocycles. The van der Waals surface area contributed by atoms with Crippen LogP contribution in [-0.4, -0.2) is 24.1 Å². The number of hydrogen-bond acceptors (Lipinski definition) is 3. The van der Waals surface area contributed by atoms with E-state index < -0.39 is 0 Å². The zero-order valence-electron chi connectivity index (χ0n) is 32.1. The topological polar surface area (TPSA) is 48.5 Å². The van der Waals surface area contributed by atoms with Crippen LogP contribution in [0.3, 0.4) is 0 Å². The van der Waals surface area contributed by atoms with Crippen LogP contribution in [0.15, 0.2) is 152 Å². The first-order valence-corrected chi connectivity index (χ1v) is 19.7. The Morgan fingerprint density at radius 1 is 0.429 bits per heavy atom. The van der Waals surface area contributed by atoms with E-state index >= 15 is 0 Å².